The van der Waals surface area contributed by atoms with Gasteiger partial charge in [0.15, 0.2) is 0 Å². The third-order valence-corrected chi connectivity index (χ3v) is 3.87. The van der Waals surface area contributed by atoms with Crippen molar-refractivity contribution in [3.8, 4) is 0 Å². The second-order valence-corrected chi connectivity index (χ2v) is 6.30. The lowest BCUT2D eigenvalue weighted by molar-refractivity contribution is 0.525. The summed E-state index contributed by atoms with van der Waals surface area (Å²) < 4.78 is 0. The van der Waals surface area contributed by atoms with E-state index in [0.29, 0.717) is 0 Å². The second-order valence-electron chi connectivity index (χ2n) is 6.30. The molecule has 1 atom stereocenters. The number of allylic oxidation sites excluding steroid dienone is 6. The summed E-state index contributed by atoms with van der Waals surface area (Å²) in [6.45, 7) is 11.3. The quantitative estimate of drug-likeness (QED) is 0.218. The lowest BCUT2D eigenvalue weighted by Gasteiger charge is -2.16. The molecule has 2 N–H and O–H groups in total. The Labute approximate surface area is 161 Å². The maximum Gasteiger partial charge on any atom is 0.0517 e. The van der Waals surface area contributed by atoms with Gasteiger partial charge in [-0.05, 0) is 31.4 Å². The number of hydrogen-bond donors (Lipinski definition) is 2. The molecule has 4 heteroatoms. The molecule has 0 fully saturated rings. The van der Waals surface area contributed by atoms with Gasteiger partial charge in [0.05, 0.1) is 5.70 Å². The topological polar surface area (TPSA) is 39.7 Å². The van der Waals surface area contributed by atoms with Crippen LogP contribution in [-0.2, 0) is 0 Å². The Balaban J connectivity index is 5.16. The van der Waals surface area contributed by atoms with Crippen molar-refractivity contribution in [2.24, 2.45) is 10.9 Å². The van der Waals surface area contributed by atoms with Gasteiger partial charge in [0.2, 0.25) is 0 Å². The lowest BCUT2D eigenvalue weighted by Crippen LogP contribution is -2.14. The van der Waals surface area contributed by atoms with Gasteiger partial charge < -0.3 is 15.5 Å². The van der Waals surface area contributed by atoms with E-state index in [-0.39, 0.29) is 5.92 Å². The Kier molecular flexibility index (Phi) is 13.8. The minimum atomic E-state index is 0.226. The molecular formula is C22H38N4. The van der Waals surface area contributed by atoms with E-state index in [4.69, 9.17) is 0 Å². The summed E-state index contributed by atoms with van der Waals surface area (Å²) >= 11 is 0. The highest BCUT2D eigenvalue weighted by atomic mass is 15.1. The van der Waals surface area contributed by atoms with Crippen molar-refractivity contribution < 1.29 is 0 Å². The van der Waals surface area contributed by atoms with E-state index in [9.17, 15) is 0 Å². The van der Waals surface area contributed by atoms with Crippen molar-refractivity contribution in [2.75, 3.05) is 27.7 Å². The molecule has 146 valence electrons. The van der Waals surface area contributed by atoms with Gasteiger partial charge >= 0.3 is 0 Å². The van der Waals surface area contributed by atoms with Crippen LogP contribution in [0.4, 0.5) is 0 Å². The summed E-state index contributed by atoms with van der Waals surface area (Å²) in [7, 11) is 5.99. The summed E-state index contributed by atoms with van der Waals surface area (Å²) in [6, 6.07) is 0. The normalized spacial score (nSPS) is 14.4. The molecule has 0 saturated heterocycles. The maximum absolute atomic E-state index is 4.47. The Morgan fingerprint density at radius 1 is 1.23 bits per heavy atom. The van der Waals surface area contributed by atoms with Crippen LogP contribution < -0.4 is 10.6 Å². The lowest BCUT2D eigenvalue weighted by atomic mass is 9.96. The minimum Gasteiger partial charge on any atom is -0.392 e. The van der Waals surface area contributed by atoms with E-state index in [0.717, 1.165) is 30.8 Å². The van der Waals surface area contributed by atoms with Crippen LogP contribution in [0.5, 0.6) is 0 Å². The Morgan fingerprint density at radius 2 is 1.96 bits per heavy atom. The Morgan fingerprint density at radius 3 is 2.50 bits per heavy atom. The van der Waals surface area contributed by atoms with Crippen LogP contribution >= 0.6 is 0 Å². The smallest absolute Gasteiger partial charge is 0.0517 e. The van der Waals surface area contributed by atoms with Gasteiger partial charge in [-0.1, -0.05) is 45.1 Å². The van der Waals surface area contributed by atoms with Crippen molar-refractivity contribution in [3.63, 3.8) is 0 Å². The molecule has 0 heterocycles. The van der Waals surface area contributed by atoms with Gasteiger partial charge in [-0.2, -0.15) is 0 Å². The monoisotopic (exact) mass is 358 g/mol. The van der Waals surface area contributed by atoms with Gasteiger partial charge in [0.1, 0.15) is 0 Å². The highest BCUT2D eigenvalue weighted by molar-refractivity contribution is 5.77. The SMILES string of the molecule is C=C(/C=N\C=C(/CC)C(/C=C\C)/C=C\C(=C\NC)N(C)C)NCCCC. The zero-order chi connectivity index (χ0) is 19.8. The van der Waals surface area contributed by atoms with Crippen molar-refractivity contribution in [1.82, 2.24) is 15.5 Å². The van der Waals surface area contributed by atoms with Crippen LogP contribution in [-0.4, -0.2) is 38.8 Å². The van der Waals surface area contributed by atoms with Crippen LogP contribution in [0.2, 0.25) is 0 Å². The van der Waals surface area contributed by atoms with Gasteiger partial charge in [0, 0.05) is 57.9 Å². The van der Waals surface area contributed by atoms with Gasteiger partial charge in [-0.3, -0.25) is 4.99 Å². The molecular weight excluding hydrogens is 320 g/mol. The fraction of sp³-hybridized carbons (Fsp3) is 0.500. The Hall–Kier alpha value is -2.23. The van der Waals surface area contributed by atoms with E-state index in [2.05, 4.69) is 65.3 Å². The zero-order valence-electron chi connectivity index (χ0n) is 17.5. The first kappa shape index (κ1) is 23.8. The van der Waals surface area contributed by atoms with E-state index in [1.165, 1.54) is 12.0 Å². The predicted octanol–water partition coefficient (Wildman–Crippen LogP) is 4.63. The van der Waals surface area contributed by atoms with Crippen LogP contribution in [0.1, 0.15) is 40.0 Å². The molecule has 0 aliphatic rings. The average molecular weight is 359 g/mol. The maximum atomic E-state index is 4.47. The molecule has 0 rings (SSSR count). The highest BCUT2D eigenvalue weighted by Crippen LogP contribution is 2.19. The molecule has 0 aromatic rings. The fourth-order valence-corrected chi connectivity index (χ4v) is 2.30. The summed E-state index contributed by atoms with van der Waals surface area (Å²) in [5.41, 5.74) is 3.24. The standard InChI is InChI=1S/C22H38N4/c1-8-11-15-25-19(4)16-24-17-20(10-3)21(12-9-2)13-14-22(18-23-5)26(6)7/h9,12-14,16-18,21,23,25H,4,8,10-11,15H2,1-3,5-7H3/b12-9-,14-13-,20-17+,22-18-,24-16-. The predicted molar refractivity (Wildman–Crippen MR) is 117 cm³/mol. The van der Waals surface area contributed by atoms with Crippen molar-refractivity contribution in [1.29, 1.82) is 0 Å². The summed E-state index contributed by atoms with van der Waals surface area (Å²) in [4.78, 5) is 6.55. The van der Waals surface area contributed by atoms with E-state index in [1.54, 1.807) is 6.21 Å². The van der Waals surface area contributed by atoms with E-state index < -0.39 is 0 Å². The summed E-state index contributed by atoms with van der Waals surface area (Å²) in [5.74, 6) is 0.226. The first-order chi connectivity index (χ1) is 12.5. The van der Waals surface area contributed by atoms with Crippen molar-refractivity contribution in [3.05, 3.63) is 60.3 Å². The van der Waals surface area contributed by atoms with E-state index >= 15 is 0 Å². The summed E-state index contributed by atoms with van der Waals surface area (Å²) in [5, 5.41) is 6.36. The number of nitrogens with one attached hydrogen (secondary N) is 2. The number of rotatable bonds is 13. The zero-order valence-corrected chi connectivity index (χ0v) is 17.5. The number of aliphatic imine (C=N–C) groups is 1. The van der Waals surface area contributed by atoms with Crippen LogP contribution in [0, 0.1) is 5.92 Å². The molecule has 0 bridgehead atoms. The number of nitrogens with zero attached hydrogens (tertiary/aromatic N) is 2. The first-order valence-corrected chi connectivity index (χ1v) is 9.50. The number of hydrogen-bond acceptors (Lipinski definition) is 4. The summed E-state index contributed by atoms with van der Waals surface area (Å²) in [6.07, 6.45) is 17.6. The molecule has 0 aliphatic carbocycles. The van der Waals surface area contributed by atoms with Crippen LogP contribution in [0.15, 0.2) is 65.2 Å². The van der Waals surface area contributed by atoms with Gasteiger partial charge in [0.25, 0.3) is 0 Å². The average Bonchev–Trinajstić information content (AvgIpc) is 2.61. The molecule has 26 heavy (non-hydrogen) atoms. The second kappa shape index (κ2) is 15.1. The molecule has 0 aromatic carbocycles. The molecule has 0 aromatic heterocycles. The molecule has 0 saturated carbocycles. The van der Waals surface area contributed by atoms with Gasteiger partial charge in [-0.15, -0.1) is 0 Å². The van der Waals surface area contributed by atoms with Gasteiger partial charge in [-0.25, -0.2) is 0 Å². The molecule has 0 spiro atoms. The minimum absolute atomic E-state index is 0.226. The molecule has 0 amide bonds. The largest absolute Gasteiger partial charge is 0.392 e. The molecule has 4 nitrogen and oxygen atoms in total. The molecule has 0 aliphatic heterocycles. The first-order valence-electron chi connectivity index (χ1n) is 9.50. The third kappa shape index (κ3) is 10.6. The fourth-order valence-electron chi connectivity index (χ4n) is 2.30. The Bertz CT molecular complexity index is 536. The third-order valence-electron chi connectivity index (χ3n) is 3.87. The molecule has 0 radical (unpaired) electrons. The van der Waals surface area contributed by atoms with Crippen LogP contribution in [0.25, 0.3) is 0 Å². The number of likely N-dealkylation sites (N-methyl/N-ethyl adjacent to an activating group) is 1. The number of unbranched alkanes of at least 4 members (excludes halogenated alkanes) is 1. The van der Waals surface area contributed by atoms with E-state index in [1.807, 2.05) is 40.5 Å². The van der Waals surface area contributed by atoms with Crippen LogP contribution in [0.3, 0.4) is 0 Å². The van der Waals surface area contributed by atoms with Crippen molar-refractivity contribution in [2.45, 2.75) is 40.0 Å². The van der Waals surface area contributed by atoms with Crippen molar-refractivity contribution >= 4 is 6.21 Å². The molecule has 1 unspecified atom stereocenters. The highest BCUT2D eigenvalue weighted by Gasteiger charge is 2.06.